The largest absolute Gasteiger partial charge is 0.496 e. The predicted molar refractivity (Wildman–Crippen MR) is 120 cm³/mol. The third-order valence-corrected chi connectivity index (χ3v) is 7.21. The lowest BCUT2D eigenvalue weighted by atomic mass is 10.0. The second-order valence-electron chi connectivity index (χ2n) is 8.01. The average molecular weight is 394 g/mol. The van der Waals surface area contributed by atoms with E-state index >= 15 is 0 Å². The summed E-state index contributed by atoms with van der Waals surface area (Å²) in [6.45, 7) is 10.8. The Hall–Kier alpha value is -2.20. The topological polar surface area (TPSA) is 25.1 Å². The van der Waals surface area contributed by atoms with Crippen molar-refractivity contribution in [2.24, 2.45) is 5.92 Å². The SMILES string of the molecule is COc1c(C)c(C)c2nc3ccc(=[N+]4C/C=C\CCC(C)C4)cc-3sc2c1C. The molecular formula is C24H29N2OS+. The molecule has 0 N–H and O–H groups in total. The first kappa shape index (κ1) is 19.1. The third-order valence-electron chi connectivity index (χ3n) is 5.96. The van der Waals surface area contributed by atoms with Gasteiger partial charge in [0.05, 0.1) is 27.9 Å². The zero-order chi connectivity index (χ0) is 19.8. The highest BCUT2D eigenvalue weighted by atomic mass is 32.1. The minimum absolute atomic E-state index is 0.705. The van der Waals surface area contributed by atoms with E-state index in [0.717, 1.165) is 30.0 Å². The first-order valence-electron chi connectivity index (χ1n) is 10.1. The quantitative estimate of drug-likeness (QED) is 0.327. The first-order valence-corrected chi connectivity index (χ1v) is 10.9. The molecule has 3 aliphatic rings. The average Bonchev–Trinajstić information content (AvgIpc) is 2.68. The fourth-order valence-electron chi connectivity index (χ4n) is 4.20. The van der Waals surface area contributed by atoms with Crippen LogP contribution in [0.3, 0.4) is 0 Å². The molecule has 146 valence electrons. The number of aromatic nitrogens is 1. The Bertz CT molecular complexity index is 1110. The molecule has 0 amide bonds. The highest BCUT2D eigenvalue weighted by Gasteiger charge is 2.19. The fourth-order valence-corrected chi connectivity index (χ4v) is 5.36. The Morgan fingerprint density at radius 2 is 1.93 bits per heavy atom. The van der Waals surface area contributed by atoms with E-state index in [1.807, 2.05) is 11.3 Å². The summed E-state index contributed by atoms with van der Waals surface area (Å²) in [5.41, 5.74) is 5.76. The number of nitrogens with zero attached hydrogens (tertiary/aromatic N) is 2. The van der Waals surface area contributed by atoms with Crippen LogP contribution in [0.1, 0.15) is 36.5 Å². The molecule has 0 aromatic heterocycles. The Labute approximate surface area is 171 Å². The number of benzene rings is 2. The van der Waals surface area contributed by atoms with E-state index in [-0.39, 0.29) is 0 Å². The van der Waals surface area contributed by atoms with E-state index in [1.165, 1.54) is 44.5 Å². The van der Waals surface area contributed by atoms with Gasteiger partial charge in [-0.1, -0.05) is 13.0 Å². The Morgan fingerprint density at radius 3 is 2.71 bits per heavy atom. The highest BCUT2D eigenvalue weighted by Crippen LogP contribution is 2.39. The maximum Gasteiger partial charge on any atom is 0.201 e. The van der Waals surface area contributed by atoms with Crippen molar-refractivity contribution in [3.05, 3.63) is 52.4 Å². The summed E-state index contributed by atoms with van der Waals surface area (Å²) >= 11 is 1.83. The lowest BCUT2D eigenvalue weighted by molar-refractivity contribution is 0.409. The minimum atomic E-state index is 0.705. The Kier molecular flexibility index (Phi) is 5.24. The van der Waals surface area contributed by atoms with Crippen molar-refractivity contribution in [2.45, 2.75) is 40.5 Å². The summed E-state index contributed by atoms with van der Waals surface area (Å²) in [4.78, 5) is 6.26. The molecule has 4 heteroatoms. The molecule has 0 spiro atoms. The van der Waals surface area contributed by atoms with Crippen molar-refractivity contribution < 1.29 is 4.74 Å². The number of fused-ring (bicyclic) bond motifs is 2. The van der Waals surface area contributed by atoms with Gasteiger partial charge in [-0.25, -0.2) is 9.56 Å². The van der Waals surface area contributed by atoms with Crippen LogP contribution in [-0.2, 0) is 0 Å². The van der Waals surface area contributed by atoms with Crippen LogP contribution in [-0.4, -0.2) is 25.2 Å². The van der Waals surface area contributed by atoms with Gasteiger partial charge in [0.15, 0.2) is 6.54 Å². The molecule has 0 saturated heterocycles. The second kappa shape index (κ2) is 7.67. The summed E-state index contributed by atoms with van der Waals surface area (Å²) < 4.78 is 9.41. The summed E-state index contributed by atoms with van der Waals surface area (Å²) in [7, 11) is 1.76. The molecule has 28 heavy (non-hydrogen) atoms. The van der Waals surface area contributed by atoms with Crippen molar-refractivity contribution in [1.29, 1.82) is 0 Å². The molecule has 1 aromatic carbocycles. The van der Waals surface area contributed by atoms with Gasteiger partial charge in [0.25, 0.3) is 0 Å². The summed E-state index contributed by atoms with van der Waals surface area (Å²) in [5, 5.41) is 1.29. The van der Waals surface area contributed by atoms with Crippen molar-refractivity contribution in [3.63, 3.8) is 0 Å². The van der Waals surface area contributed by atoms with Crippen LogP contribution in [0.5, 0.6) is 5.75 Å². The summed E-state index contributed by atoms with van der Waals surface area (Å²) in [5.74, 6) is 1.69. The van der Waals surface area contributed by atoms with E-state index in [0.29, 0.717) is 5.92 Å². The molecule has 1 unspecified atom stereocenters. The zero-order valence-electron chi connectivity index (χ0n) is 17.5. The number of methoxy groups -OCH3 is 1. The van der Waals surface area contributed by atoms with E-state index < -0.39 is 0 Å². The van der Waals surface area contributed by atoms with Gasteiger partial charge < -0.3 is 4.74 Å². The third kappa shape index (κ3) is 3.35. The summed E-state index contributed by atoms with van der Waals surface area (Å²) in [6, 6.07) is 6.73. The minimum Gasteiger partial charge on any atom is -0.496 e. The molecule has 2 heterocycles. The normalized spacial score (nSPS) is 20.8. The zero-order valence-corrected chi connectivity index (χ0v) is 18.3. The van der Waals surface area contributed by atoms with Crippen LogP contribution in [0.25, 0.3) is 20.8 Å². The monoisotopic (exact) mass is 393 g/mol. The second-order valence-corrected chi connectivity index (χ2v) is 9.06. The van der Waals surface area contributed by atoms with Gasteiger partial charge in [-0.2, -0.15) is 0 Å². The van der Waals surface area contributed by atoms with Crippen molar-refractivity contribution in [3.8, 4) is 16.3 Å². The number of aryl methyl sites for hydroxylation is 2. The van der Waals surface area contributed by atoms with Crippen molar-refractivity contribution in [1.82, 2.24) is 9.56 Å². The van der Waals surface area contributed by atoms with Crippen molar-refractivity contribution >= 4 is 21.6 Å². The maximum absolute atomic E-state index is 5.70. The van der Waals surface area contributed by atoms with E-state index in [4.69, 9.17) is 9.72 Å². The molecule has 1 aliphatic carbocycles. The molecule has 0 radical (unpaired) electrons. The van der Waals surface area contributed by atoms with Crippen LogP contribution in [0, 0.1) is 26.7 Å². The molecule has 0 bridgehead atoms. The van der Waals surface area contributed by atoms with Gasteiger partial charge in [0, 0.05) is 23.6 Å². The van der Waals surface area contributed by atoms with Crippen LogP contribution < -0.4 is 14.7 Å². The van der Waals surface area contributed by atoms with Crippen LogP contribution >= 0.6 is 11.3 Å². The summed E-state index contributed by atoms with van der Waals surface area (Å²) in [6.07, 6.45) is 7.08. The Balaban J connectivity index is 1.96. The van der Waals surface area contributed by atoms with Gasteiger partial charge >= 0.3 is 0 Å². The first-order chi connectivity index (χ1) is 13.5. The Morgan fingerprint density at radius 1 is 1.11 bits per heavy atom. The van der Waals surface area contributed by atoms with Gasteiger partial charge in [-0.3, -0.25) is 0 Å². The number of rotatable bonds is 1. The van der Waals surface area contributed by atoms with E-state index in [9.17, 15) is 0 Å². The van der Waals surface area contributed by atoms with Crippen LogP contribution in [0.15, 0.2) is 30.4 Å². The number of allylic oxidation sites excluding steroid dienone is 1. The lowest BCUT2D eigenvalue weighted by Gasteiger charge is -2.16. The molecule has 2 aliphatic heterocycles. The molecule has 4 rings (SSSR count). The fraction of sp³-hybridized carbons (Fsp3) is 0.417. The van der Waals surface area contributed by atoms with E-state index in [2.05, 4.69) is 62.6 Å². The standard InChI is InChI=1S/C24H29N2OS/c1-15-9-7-6-8-12-26(14-15)19-10-11-20-21(13-19)28-24-18(4)23(27-5)17(3)16(2)22(24)25-20/h6,8,10-11,13,15H,7,9,12,14H2,1-5H3/q+1/b8-6-,26-19?. The number of hydrogen-bond acceptors (Lipinski definition) is 3. The van der Waals surface area contributed by atoms with Gasteiger partial charge in [0.1, 0.15) is 12.3 Å². The lowest BCUT2D eigenvalue weighted by Crippen LogP contribution is -2.34. The number of hydrogen-bond donors (Lipinski definition) is 0. The van der Waals surface area contributed by atoms with Gasteiger partial charge in [0.2, 0.25) is 5.36 Å². The van der Waals surface area contributed by atoms with Gasteiger partial charge in [-0.15, -0.1) is 11.3 Å². The smallest absolute Gasteiger partial charge is 0.201 e. The molecule has 0 saturated carbocycles. The highest BCUT2D eigenvalue weighted by molar-refractivity contribution is 7.21. The van der Waals surface area contributed by atoms with E-state index in [1.54, 1.807) is 7.11 Å². The van der Waals surface area contributed by atoms with Gasteiger partial charge in [-0.05, 0) is 56.9 Å². The molecule has 1 atom stereocenters. The molecule has 1 aromatic rings. The molecule has 0 fully saturated rings. The number of ether oxygens (including phenoxy) is 1. The van der Waals surface area contributed by atoms with Crippen molar-refractivity contribution in [2.75, 3.05) is 20.2 Å². The molecule has 3 nitrogen and oxygen atoms in total. The maximum atomic E-state index is 5.70. The molecular weight excluding hydrogens is 364 g/mol. The predicted octanol–water partition coefficient (Wildman–Crippen LogP) is 5.09. The van der Waals surface area contributed by atoms with Crippen LogP contribution in [0.2, 0.25) is 0 Å². The van der Waals surface area contributed by atoms with Crippen LogP contribution in [0.4, 0.5) is 0 Å².